The second-order valence-electron chi connectivity index (χ2n) is 3.93. The van der Waals surface area contributed by atoms with Crippen LogP contribution in [0.5, 0.6) is 0 Å². The smallest absolute Gasteiger partial charge is 0.113 e. The van der Waals surface area contributed by atoms with Crippen LogP contribution in [0.4, 0.5) is 0 Å². The lowest BCUT2D eigenvalue weighted by atomic mass is 10.2. The fourth-order valence-electron chi connectivity index (χ4n) is 1.85. The van der Waals surface area contributed by atoms with E-state index in [0.717, 1.165) is 22.3 Å². The molecule has 0 saturated heterocycles. The Bertz CT molecular complexity index is 795. The normalized spacial score (nSPS) is 10.9. The maximum Gasteiger partial charge on any atom is 0.113 e. The Hall–Kier alpha value is -3.00. The standard InChI is InChI=1S/C14H9N5/c15-7-3-4-11-8-12(10-16-9-11)19-14-6-2-1-5-13(14)17-18-19/h1-6,8-10H/b4-3+. The maximum atomic E-state index is 8.54. The Morgan fingerprint density at radius 1 is 1.21 bits per heavy atom. The quantitative estimate of drug-likeness (QED) is 0.652. The predicted octanol–water partition coefficient (Wildman–Crippen LogP) is 2.35. The van der Waals surface area contributed by atoms with Gasteiger partial charge in [0, 0.05) is 12.3 Å². The Kier molecular flexibility index (Phi) is 2.75. The summed E-state index contributed by atoms with van der Waals surface area (Å²) in [6, 6.07) is 11.6. The van der Waals surface area contributed by atoms with E-state index in [4.69, 9.17) is 5.26 Å². The van der Waals surface area contributed by atoms with Crippen LogP contribution in [0.15, 0.2) is 48.8 Å². The third kappa shape index (κ3) is 2.07. The molecule has 0 aliphatic heterocycles. The van der Waals surface area contributed by atoms with E-state index >= 15 is 0 Å². The molecule has 5 heteroatoms. The Balaban J connectivity index is 2.12. The number of allylic oxidation sites excluding steroid dienone is 1. The first kappa shape index (κ1) is 11.1. The Labute approximate surface area is 109 Å². The topological polar surface area (TPSA) is 67.4 Å². The van der Waals surface area contributed by atoms with Gasteiger partial charge in [-0.3, -0.25) is 4.98 Å². The summed E-state index contributed by atoms with van der Waals surface area (Å²) >= 11 is 0. The van der Waals surface area contributed by atoms with E-state index < -0.39 is 0 Å². The molecule has 0 N–H and O–H groups in total. The average molecular weight is 247 g/mol. The molecule has 0 atom stereocenters. The molecule has 90 valence electrons. The van der Waals surface area contributed by atoms with E-state index in [0.29, 0.717) is 0 Å². The lowest BCUT2D eigenvalue weighted by molar-refractivity contribution is 0.820. The van der Waals surface area contributed by atoms with Crippen LogP contribution in [0.1, 0.15) is 5.56 Å². The van der Waals surface area contributed by atoms with Crippen LogP contribution in [0.2, 0.25) is 0 Å². The first-order chi connectivity index (χ1) is 9.38. The number of nitriles is 1. The number of para-hydroxylation sites is 1. The van der Waals surface area contributed by atoms with Gasteiger partial charge in [0.05, 0.1) is 23.5 Å². The number of hydrogen-bond acceptors (Lipinski definition) is 4. The van der Waals surface area contributed by atoms with Gasteiger partial charge in [0.2, 0.25) is 0 Å². The molecule has 3 aromatic rings. The summed E-state index contributed by atoms with van der Waals surface area (Å²) < 4.78 is 1.73. The number of nitrogens with zero attached hydrogens (tertiary/aromatic N) is 5. The molecule has 0 amide bonds. The molecular formula is C14H9N5. The van der Waals surface area contributed by atoms with Crippen LogP contribution >= 0.6 is 0 Å². The van der Waals surface area contributed by atoms with Gasteiger partial charge in [0.15, 0.2) is 0 Å². The largest absolute Gasteiger partial charge is 0.262 e. The van der Waals surface area contributed by atoms with Crippen LogP contribution < -0.4 is 0 Å². The molecule has 0 bridgehead atoms. The first-order valence-electron chi connectivity index (χ1n) is 5.70. The van der Waals surface area contributed by atoms with Crippen LogP contribution in [0.25, 0.3) is 22.8 Å². The molecule has 1 aromatic carbocycles. The minimum absolute atomic E-state index is 0.814. The van der Waals surface area contributed by atoms with E-state index in [9.17, 15) is 0 Å². The second kappa shape index (κ2) is 4.70. The summed E-state index contributed by atoms with van der Waals surface area (Å²) in [4.78, 5) is 4.15. The number of benzene rings is 1. The predicted molar refractivity (Wildman–Crippen MR) is 71.3 cm³/mol. The summed E-state index contributed by atoms with van der Waals surface area (Å²) in [5.41, 5.74) is 3.42. The van der Waals surface area contributed by atoms with E-state index in [1.807, 2.05) is 36.4 Å². The molecule has 0 aliphatic rings. The first-order valence-corrected chi connectivity index (χ1v) is 5.70. The molecule has 19 heavy (non-hydrogen) atoms. The fourth-order valence-corrected chi connectivity index (χ4v) is 1.85. The van der Waals surface area contributed by atoms with Crippen molar-refractivity contribution in [3.8, 4) is 11.8 Å². The summed E-state index contributed by atoms with van der Waals surface area (Å²) in [6.07, 6.45) is 6.52. The van der Waals surface area contributed by atoms with Crippen LogP contribution in [0.3, 0.4) is 0 Å². The zero-order chi connectivity index (χ0) is 13.1. The fraction of sp³-hybridized carbons (Fsp3) is 0. The number of rotatable bonds is 2. The third-order valence-corrected chi connectivity index (χ3v) is 2.69. The van der Waals surface area contributed by atoms with Gasteiger partial charge in [-0.05, 0) is 29.8 Å². The van der Waals surface area contributed by atoms with Gasteiger partial charge in [-0.1, -0.05) is 17.3 Å². The summed E-state index contributed by atoms with van der Waals surface area (Å²) in [6.45, 7) is 0. The zero-order valence-corrected chi connectivity index (χ0v) is 9.93. The van der Waals surface area contributed by atoms with Crippen molar-refractivity contribution in [2.24, 2.45) is 0 Å². The van der Waals surface area contributed by atoms with Gasteiger partial charge in [0.25, 0.3) is 0 Å². The second-order valence-corrected chi connectivity index (χ2v) is 3.93. The van der Waals surface area contributed by atoms with Gasteiger partial charge in [-0.15, -0.1) is 5.10 Å². The molecule has 2 aromatic heterocycles. The van der Waals surface area contributed by atoms with Gasteiger partial charge in [-0.2, -0.15) is 5.26 Å². The van der Waals surface area contributed by atoms with Gasteiger partial charge in [0.1, 0.15) is 5.52 Å². The van der Waals surface area contributed by atoms with Crippen LogP contribution in [-0.4, -0.2) is 20.0 Å². The van der Waals surface area contributed by atoms with E-state index in [1.54, 1.807) is 23.2 Å². The van der Waals surface area contributed by atoms with Crippen molar-refractivity contribution in [2.75, 3.05) is 0 Å². The van der Waals surface area contributed by atoms with E-state index in [2.05, 4.69) is 15.3 Å². The van der Waals surface area contributed by atoms with E-state index in [-0.39, 0.29) is 0 Å². The minimum atomic E-state index is 0.814. The zero-order valence-electron chi connectivity index (χ0n) is 9.93. The molecule has 0 fully saturated rings. The van der Waals surface area contributed by atoms with Crippen molar-refractivity contribution in [3.05, 3.63) is 54.4 Å². The highest BCUT2D eigenvalue weighted by Crippen LogP contribution is 2.16. The number of hydrogen-bond donors (Lipinski definition) is 0. The minimum Gasteiger partial charge on any atom is -0.262 e. The van der Waals surface area contributed by atoms with Gasteiger partial charge < -0.3 is 0 Å². The molecule has 0 radical (unpaired) electrons. The van der Waals surface area contributed by atoms with Crippen molar-refractivity contribution in [3.63, 3.8) is 0 Å². The molecule has 0 aliphatic carbocycles. The molecule has 0 spiro atoms. The van der Waals surface area contributed by atoms with Crippen molar-refractivity contribution < 1.29 is 0 Å². The highest BCUT2D eigenvalue weighted by Gasteiger charge is 2.05. The number of pyridine rings is 1. The summed E-state index contributed by atoms with van der Waals surface area (Å²) in [5, 5.41) is 16.8. The maximum absolute atomic E-state index is 8.54. The summed E-state index contributed by atoms with van der Waals surface area (Å²) in [7, 11) is 0. The lowest BCUT2D eigenvalue weighted by Crippen LogP contribution is -1.97. The molecular weight excluding hydrogens is 238 g/mol. The van der Waals surface area contributed by atoms with Crippen molar-refractivity contribution >= 4 is 17.1 Å². The monoisotopic (exact) mass is 247 g/mol. The molecule has 3 rings (SSSR count). The van der Waals surface area contributed by atoms with Crippen molar-refractivity contribution in [1.82, 2.24) is 20.0 Å². The third-order valence-electron chi connectivity index (χ3n) is 2.69. The average Bonchev–Trinajstić information content (AvgIpc) is 2.89. The molecule has 0 unspecified atom stereocenters. The van der Waals surface area contributed by atoms with Crippen LogP contribution in [0, 0.1) is 11.3 Å². The van der Waals surface area contributed by atoms with Gasteiger partial charge >= 0.3 is 0 Å². The lowest BCUT2D eigenvalue weighted by Gasteiger charge is -2.02. The Morgan fingerprint density at radius 2 is 2.11 bits per heavy atom. The highest BCUT2D eigenvalue weighted by atomic mass is 15.4. The number of aromatic nitrogens is 4. The highest BCUT2D eigenvalue weighted by molar-refractivity contribution is 5.76. The van der Waals surface area contributed by atoms with Crippen LogP contribution in [-0.2, 0) is 0 Å². The molecule has 0 saturated carbocycles. The van der Waals surface area contributed by atoms with E-state index in [1.165, 1.54) is 6.08 Å². The summed E-state index contributed by atoms with van der Waals surface area (Å²) in [5.74, 6) is 0. The molecule has 5 nitrogen and oxygen atoms in total. The number of fused-ring (bicyclic) bond motifs is 1. The van der Waals surface area contributed by atoms with Crippen molar-refractivity contribution in [1.29, 1.82) is 5.26 Å². The molecule has 2 heterocycles. The van der Waals surface area contributed by atoms with Crippen molar-refractivity contribution in [2.45, 2.75) is 0 Å². The van der Waals surface area contributed by atoms with Gasteiger partial charge in [-0.25, -0.2) is 4.68 Å². The SMILES string of the molecule is N#C/C=C/c1cncc(-n2nnc3ccccc32)c1. The Morgan fingerprint density at radius 3 is 3.00 bits per heavy atom.